The van der Waals surface area contributed by atoms with E-state index in [1.807, 2.05) is 43.3 Å². The third-order valence-corrected chi connectivity index (χ3v) is 4.26. The van der Waals surface area contributed by atoms with Crippen LogP contribution in [-0.2, 0) is 0 Å². The number of nitrogens with one attached hydrogen (secondary N) is 1. The van der Waals surface area contributed by atoms with Crippen molar-refractivity contribution >= 4 is 18.3 Å². The molecule has 23 heavy (non-hydrogen) atoms. The van der Waals surface area contributed by atoms with Gasteiger partial charge in [-0.15, -0.1) is 12.4 Å². The molecule has 1 saturated carbocycles. The minimum Gasteiger partial charge on any atom is -0.461 e. The number of rotatable bonds is 3. The van der Waals surface area contributed by atoms with E-state index in [0.717, 1.165) is 42.8 Å². The van der Waals surface area contributed by atoms with E-state index >= 15 is 0 Å². The van der Waals surface area contributed by atoms with Crippen molar-refractivity contribution in [2.75, 3.05) is 0 Å². The minimum atomic E-state index is -0.0226. The van der Waals surface area contributed by atoms with Crippen LogP contribution in [0.1, 0.15) is 41.8 Å². The quantitative estimate of drug-likeness (QED) is 0.899. The zero-order chi connectivity index (χ0) is 15.5. The topological polar surface area (TPSA) is 68.3 Å². The molecule has 0 aliphatic heterocycles. The highest BCUT2D eigenvalue weighted by Crippen LogP contribution is 2.23. The number of benzene rings is 1. The third-order valence-electron chi connectivity index (χ3n) is 4.26. The van der Waals surface area contributed by atoms with Crippen molar-refractivity contribution < 1.29 is 9.21 Å². The predicted octanol–water partition coefficient (Wildman–Crippen LogP) is 3.68. The molecule has 1 aromatic carbocycles. The Hall–Kier alpha value is -1.78. The standard InChI is InChI=1S/C18H22N2O2.ClH/c1-12-5-10-17(22-12)13-3-2-4-14(11-13)18(21)20-16-8-6-15(19)7-9-16;/h2-5,10-11,15-16H,6-9,19H2,1H3,(H,20,21);1H. The smallest absolute Gasteiger partial charge is 0.251 e. The number of hydrogen-bond acceptors (Lipinski definition) is 3. The summed E-state index contributed by atoms with van der Waals surface area (Å²) < 4.78 is 5.62. The van der Waals surface area contributed by atoms with E-state index < -0.39 is 0 Å². The SMILES string of the molecule is Cc1ccc(-c2cccc(C(=O)NC3CCC(N)CC3)c2)o1.Cl. The average Bonchev–Trinajstić information content (AvgIpc) is 2.96. The fourth-order valence-electron chi connectivity index (χ4n) is 2.94. The normalized spacial score (nSPS) is 20.6. The average molecular weight is 335 g/mol. The molecule has 1 amide bonds. The molecule has 0 bridgehead atoms. The molecule has 0 radical (unpaired) electrons. The van der Waals surface area contributed by atoms with Crippen molar-refractivity contribution in [2.45, 2.75) is 44.7 Å². The lowest BCUT2D eigenvalue weighted by Crippen LogP contribution is -2.40. The Bertz CT molecular complexity index is 661. The van der Waals surface area contributed by atoms with Gasteiger partial charge in [-0.3, -0.25) is 4.79 Å². The van der Waals surface area contributed by atoms with Crippen molar-refractivity contribution in [3.05, 3.63) is 47.7 Å². The van der Waals surface area contributed by atoms with Gasteiger partial charge in [0.15, 0.2) is 0 Å². The maximum atomic E-state index is 12.4. The van der Waals surface area contributed by atoms with E-state index in [1.54, 1.807) is 0 Å². The summed E-state index contributed by atoms with van der Waals surface area (Å²) in [6.07, 6.45) is 3.89. The molecule has 1 fully saturated rings. The summed E-state index contributed by atoms with van der Waals surface area (Å²) in [6, 6.07) is 11.9. The van der Waals surface area contributed by atoms with Crippen LogP contribution < -0.4 is 11.1 Å². The van der Waals surface area contributed by atoms with Gasteiger partial charge in [0.1, 0.15) is 11.5 Å². The van der Waals surface area contributed by atoms with Crippen LogP contribution in [-0.4, -0.2) is 18.0 Å². The molecular weight excluding hydrogens is 312 g/mol. The maximum Gasteiger partial charge on any atom is 0.251 e. The Morgan fingerprint density at radius 1 is 1.17 bits per heavy atom. The van der Waals surface area contributed by atoms with Gasteiger partial charge in [-0.05, 0) is 56.9 Å². The molecule has 1 aliphatic rings. The zero-order valence-electron chi connectivity index (χ0n) is 13.2. The predicted molar refractivity (Wildman–Crippen MR) is 93.8 cm³/mol. The molecule has 4 nitrogen and oxygen atoms in total. The summed E-state index contributed by atoms with van der Waals surface area (Å²) in [5.74, 6) is 1.63. The number of carbonyl (C=O) groups is 1. The second kappa shape index (κ2) is 7.66. The fraction of sp³-hybridized carbons (Fsp3) is 0.389. The van der Waals surface area contributed by atoms with Crippen LogP contribution in [0.2, 0.25) is 0 Å². The van der Waals surface area contributed by atoms with E-state index in [9.17, 15) is 4.79 Å². The molecule has 0 atom stereocenters. The first-order valence-corrected chi connectivity index (χ1v) is 7.85. The van der Waals surface area contributed by atoms with E-state index in [2.05, 4.69) is 5.32 Å². The molecule has 0 saturated heterocycles. The van der Waals surface area contributed by atoms with Crippen molar-refractivity contribution in [1.29, 1.82) is 0 Å². The van der Waals surface area contributed by atoms with Gasteiger partial charge in [-0.25, -0.2) is 0 Å². The van der Waals surface area contributed by atoms with Crippen molar-refractivity contribution in [1.82, 2.24) is 5.32 Å². The Morgan fingerprint density at radius 3 is 2.57 bits per heavy atom. The molecule has 1 heterocycles. The molecule has 1 aliphatic carbocycles. The first-order chi connectivity index (χ1) is 10.6. The summed E-state index contributed by atoms with van der Waals surface area (Å²) in [7, 11) is 0. The number of nitrogens with two attached hydrogens (primary N) is 1. The van der Waals surface area contributed by atoms with Crippen molar-refractivity contribution in [2.24, 2.45) is 5.73 Å². The molecule has 3 N–H and O–H groups in total. The number of furan rings is 1. The lowest BCUT2D eigenvalue weighted by Gasteiger charge is -2.26. The van der Waals surface area contributed by atoms with Gasteiger partial charge < -0.3 is 15.5 Å². The summed E-state index contributed by atoms with van der Waals surface area (Å²) in [5, 5.41) is 3.11. The Balaban J connectivity index is 0.00000192. The van der Waals surface area contributed by atoms with Gasteiger partial charge in [0, 0.05) is 23.2 Å². The highest BCUT2D eigenvalue weighted by atomic mass is 35.5. The van der Waals surface area contributed by atoms with Gasteiger partial charge in [0.05, 0.1) is 0 Å². The van der Waals surface area contributed by atoms with E-state index in [0.29, 0.717) is 11.6 Å². The van der Waals surface area contributed by atoms with Gasteiger partial charge in [0.25, 0.3) is 5.91 Å². The largest absolute Gasteiger partial charge is 0.461 e. The van der Waals surface area contributed by atoms with E-state index in [-0.39, 0.29) is 24.4 Å². The summed E-state index contributed by atoms with van der Waals surface area (Å²) in [5.41, 5.74) is 7.49. The molecule has 2 aromatic rings. The van der Waals surface area contributed by atoms with Gasteiger partial charge in [0.2, 0.25) is 0 Å². The number of carbonyl (C=O) groups excluding carboxylic acids is 1. The molecule has 1 aromatic heterocycles. The summed E-state index contributed by atoms with van der Waals surface area (Å²) >= 11 is 0. The maximum absolute atomic E-state index is 12.4. The van der Waals surface area contributed by atoms with Crippen LogP contribution >= 0.6 is 12.4 Å². The van der Waals surface area contributed by atoms with Gasteiger partial charge in [-0.2, -0.15) is 0 Å². The summed E-state index contributed by atoms with van der Waals surface area (Å²) in [6.45, 7) is 1.91. The van der Waals surface area contributed by atoms with Crippen LogP contribution in [0.5, 0.6) is 0 Å². The first-order valence-electron chi connectivity index (χ1n) is 7.85. The summed E-state index contributed by atoms with van der Waals surface area (Å²) in [4.78, 5) is 12.4. The fourth-order valence-corrected chi connectivity index (χ4v) is 2.94. The lowest BCUT2D eigenvalue weighted by atomic mass is 9.91. The number of amides is 1. The van der Waals surface area contributed by atoms with Crippen LogP contribution in [0.4, 0.5) is 0 Å². The lowest BCUT2D eigenvalue weighted by molar-refractivity contribution is 0.0926. The van der Waals surface area contributed by atoms with Crippen molar-refractivity contribution in [3.8, 4) is 11.3 Å². The molecule has 5 heteroatoms. The van der Waals surface area contributed by atoms with Gasteiger partial charge in [-0.1, -0.05) is 12.1 Å². The highest BCUT2D eigenvalue weighted by molar-refractivity contribution is 5.95. The number of halogens is 1. The third kappa shape index (κ3) is 4.36. The van der Waals surface area contributed by atoms with Crippen LogP contribution in [0, 0.1) is 6.92 Å². The molecular formula is C18H23ClN2O2. The molecule has 124 valence electrons. The first kappa shape index (κ1) is 17.6. The van der Waals surface area contributed by atoms with Gasteiger partial charge >= 0.3 is 0 Å². The number of hydrogen-bond donors (Lipinski definition) is 2. The molecule has 3 rings (SSSR count). The minimum absolute atomic E-state index is 0. The van der Waals surface area contributed by atoms with Crippen LogP contribution in [0.25, 0.3) is 11.3 Å². The second-order valence-electron chi connectivity index (χ2n) is 6.08. The second-order valence-corrected chi connectivity index (χ2v) is 6.08. The highest BCUT2D eigenvalue weighted by Gasteiger charge is 2.20. The Morgan fingerprint density at radius 2 is 1.91 bits per heavy atom. The molecule has 0 unspecified atom stereocenters. The molecule has 0 spiro atoms. The van der Waals surface area contributed by atoms with E-state index in [4.69, 9.17) is 10.2 Å². The van der Waals surface area contributed by atoms with Crippen molar-refractivity contribution in [3.63, 3.8) is 0 Å². The Labute approximate surface area is 142 Å². The zero-order valence-corrected chi connectivity index (χ0v) is 14.1. The number of aryl methyl sites for hydroxylation is 1. The van der Waals surface area contributed by atoms with Crippen LogP contribution in [0.15, 0.2) is 40.8 Å². The monoisotopic (exact) mass is 334 g/mol. The Kier molecular flexibility index (Phi) is 5.85. The van der Waals surface area contributed by atoms with Crippen LogP contribution in [0.3, 0.4) is 0 Å². The van der Waals surface area contributed by atoms with E-state index in [1.165, 1.54) is 0 Å².